The summed E-state index contributed by atoms with van der Waals surface area (Å²) < 4.78 is 30.9. The molecule has 6 nitrogen and oxygen atoms in total. The highest BCUT2D eigenvalue weighted by molar-refractivity contribution is 7.90. The zero-order valence-corrected chi connectivity index (χ0v) is 12.4. The first-order valence-corrected chi connectivity index (χ1v) is 8.27. The van der Waals surface area contributed by atoms with Gasteiger partial charge in [-0.2, -0.15) is 0 Å². The highest BCUT2D eigenvalue weighted by atomic mass is 32.2. The van der Waals surface area contributed by atoms with Crippen LogP contribution in [-0.4, -0.2) is 38.3 Å². The van der Waals surface area contributed by atoms with Crippen LogP contribution < -0.4 is 10.5 Å². The summed E-state index contributed by atoms with van der Waals surface area (Å²) in [6.45, 7) is 5.88. The van der Waals surface area contributed by atoms with Gasteiger partial charge in [-0.05, 0) is 19.8 Å². The maximum Gasteiger partial charge on any atom is 0.254 e. The van der Waals surface area contributed by atoms with Crippen LogP contribution in [-0.2, 0) is 19.6 Å². The molecule has 1 saturated carbocycles. The number of sulfonamides is 1. The Balaban J connectivity index is 2.24. The standard InChI is InChI=1S/C12H22N2O4S/c1-4-19(16,17)14-10(15)12(13)8-6-5-7-18-9(8)11(12,2)3/h8-9H,4-7,13H2,1-3H3,(H,14,15). The van der Waals surface area contributed by atoms with Crippen LogP contribution >= 0.6 is 0 Å². The Hall–Kier alpha value is -0.660. The molecule has 3 N–H and O–H groups in total. The minimum Gasteiger partial charge on any atom is -0.377 e. The molecule has 2 fully saturated rings. The van der Waals surface area contributed by atoms with Gasteiger partial charge < -0.3 is 10.5 Å². The largest absolute Gasteiger partial charge is 0.377 e. The zero-order chi connectivity index (χ0) is 14.5. The van der Waals surface area contributed by atoms with Gasteiger partial charge in [0.1, 0.15) is 5.54 Å². The molecule has 19 heavy (non-hydrogen) atoms. The van der Waals surface area contributed by atoms with Crippen molar-refractivity contribution in [3.63, 3.8) is 0 Å². The van der Waals surface area contributed by atoms with E-state index in [1.807, 2.05) is 13.8 Å². The van der Waals surface area contributed by atoms with Crippen LogP contribution in [0.25, 0.3) is 0 Å². The number of ether oxygens (including phenoxy) is 1. The van der Waals surface area contributed by atoms with E-state index in [0.717, 1.165) is 12.8 Å². The lowest BCUT2D eigenvalue weighted by atomic mass is 9.46. The summed E-state index contributed by atoms with van der Waals surface area (Å²) in [5.41, 5.74) is 4.54. The first-order chi connectivity index (χ1) is 8.67. The van der Waals surface area contributed by atoms with E-state index in [1.165, 1.54) is 6.92 Å². The lowest BCUT2D eigenvalue weighted by molar-refractivity contribution is -0.224. The van der Waals surface area contributed by atoms with Crippen LogP contribution in [0.2, 0.25) is 0 Å². The molecule has 0 bridgehead atoms. The second-order valence-corrected chi connectivity index (χ2v) is 7.98. The topological polar surface area (TPSA) is 98.5 Å². The first kappa shape index (κ1) is 14.7. The van der Waals surface area contributed by atoms with E-state index in [2.05, 4.69) is 4.72 Å². The van der Waals surface area contributed by atoms with Gasteiger partial charge in [0, 0.05) is 17.9 Å². The Morgan fingerprint density at radius 3 is 2.68 bits per heavy atom. The Kier molecular flexibility index (Phi) is 3.43. The zero-order valence-electron chi connectivity index (χ0n) is 11.6. The van der Waals surface area contributed by atoms with Crippen molar-refractivity contribution in [1.82, 2.24) is 4.72 Å². The highest BCUT2D eigenvalue weighted by Crippen LogP contribution is 2.57. The molecule has 1 aliphatic heterocycles. The molecule has 1 aliphatic carbocycles. The number of nitrogens with one attached hydrogen (secondary N) is 1. The minimum absolute atomic E-state index is 0.0682. The van der Waals surface area contributed by atoms with Crippen molar-refractivity contribution < 1.29 is 17.9 Å². The third-order valence-electron chi connectivity index (χ3n) is 4.69. The first-order valence-electron chi connectivity index (χ1n) is 6.62. The average Bonchev–Trinajstić information content (AvgIpc) is 2.37. The van der Waals surface area contributed by atoms with Crippen LogP contribution in [0.1, 0.15) is 33.6 Å². The van der Waals surface area contributed by atoms with Gasteiger partial charge in [-0.3, -0.25) is 9.52 Å². The molecule has 0 radical (unpaired) electrons. The molecule has 1 heterocycles. The number of carbonyl (C=O) groups is 1. The average molecular weight is 290 g/mol. The van der Waals surface area contributed by atoms with Gasteiger partial charge in [-0.15, -0.1) is 0 Å². The van der Waals surface area contributed by atoms with Crippen LogP contribution in [0.5, 0.6) is 0 Å². The van der Waals surface area contributed by atoms with Gasteiger partial charge in [0.05, 0.1) is 11.9 Å². The van der Waals surface area contributed by atoms with E-state index in [9.17, 15) is 13.2 Å². The molecule has 2 aliphatic rings. The fourth-order valence-electron chi connectivity index (χ4n) is 3.33. The molecular weight excluding hydrogens is 268 g/mol. The van der Waals surface area contributed by atoms with E-state index in [1.54, 1.807) is 0 Å². The van der Waals surface area contributed by atoms with Crippen LogP contribution in [0, 0.1) is 11.3 Å². The quantitative estimate of drug-likeness (QED) is 0.761. The molecule has 3 atom stereocenters. The second-order valence-electron chi connectivity index (χ2n) is 5.97. The molecule has 3 unspecified atom stereocenters. The number of nitrogens with two attached hydrogens (primary N) is 1. The third-order valence-corrected chi connectivity index (χ3v) is 5.95. The van der Waals surface area contributed by atoms with Gasteiger partial charge in [-0.1, -0.05) is 13.8 Å². The molecular formula is C12H22N2O4S. The predicted octanol–water partition coefficient (Wildman–Crippen LogP) is -0.0152. The fraction of sp³-hybridized carbons (Fsp3) is 0.917. The van der Waals surface area contributed by atoms with E-state index in [4.69, 9.17) is 10.5 Å². The Morgan fingerprint density at radius 1 is 1.47 bits per heavy atom. The van der Waals surface area contributed by atoms with Crippen molar-refractivity contribution in [2.24, 2.45) is 17.1 Å². The third kappa shape index (κ3) is 1.98. The molecule has 1 amide bonds. The minimum atomic E-state index is -3.59. The van der Waals surface area contributed by atoms with Crippen molar-refractivity contribution in [3.8, 4) is 0 Å². The molecule has 0 aromatic rings. The summed E-state index contributed by atoms with van der Waals surface area (Å²) in [6.07, 6.45) is 1.58. The van der Waals surface area contributed by atoms with Gasteiger partial charge in [-0.25, -0.2) is 8.42 Å². The molecule has 1 saturated heterocycles. The summed E-state index contributed by atoms with van der Waals surface area (Å²) in [6, 6.07) is 0. The van der Waals surface area contributed by atoms with Gasteiger partial charge in [0.25, 0.3) is 5.91 Å². The highest BCUT2D eigenvalue weighted by Gasteiger charge is 2.70. The fourth-order valence-corrected chi connectivity index (χ4v) is 3.93. The number of carbonyl (C=O) groups excluding carboxylic acids is 1. The van der Waals surface area contributed by atoms with E-state index in [0.29, 0.717) is 6.61 Å². The number of hydrogen-bond donors (Lipinski definition) is 2. The molecule has 0 aromatic heterocycles. The maximum absolute atomic E-state index is 12.3. The monoisotopic (exact) mass is 290 g/mol. The van der Waals surface area contributed by atoms with Crippen molar-refractivity contribution >= 4 is 15.9 Å². The van der Waals surface area contributed by atoms with E-state index in [-0.39, 0.29) is 17.8 Å². The van der Waals surface area contributed by atoms with Crippen molar-refractivity contribution in [2.45, 2.75) is 45.3 Å². The van der Waals surface area contributed by atoms with Crippen molar-refractivity contribution in [1.29, 1.82) is 0 Å². The predicted molar refractivity (Wildman–Crippen MR) is 70.8 cm³/mol. The number of hydrogen-bond acceptors (Lipinski definition) is 5. The molecule has 110 valence electrons. The Labute approximate surface area is 114 Å². The van der Waals surface area contributed by atoms with E-state index < -0.39 is 26.9 Å². The van der Waals surface area contributed by atoms with Crippen LogP contribution in [0.3, 0.4) is 0 Å². The summed E-state index contributed by atoms with van der Waals surface area (Å²) >= 11 is 0. The molecule has 0 aromatic carbocycles. The van der Waals surface area contributed by atoms with Gasteiger partial charge in [0.2, 0.25) is 10.0 Å². The molecule has 2 rings (SSSR count). The SMILES string of the molecule is CCS(=O)(=O)NC(=O)C1(N)C2CCCOC2C1(C)C. The van der Waals surface area contributed by atoms with Crippen LogP contribution in [0.4, 0.5) is 0 Å². The summed E-state index contributed by atoms with van der Waals surface area (Å²) in [7, 11) is -3.59. The number of rotatable bonds is 3. The number of fused-ring (bicyclic) bond motifs is 1. The molecule has 0 spiro atoms. The smallest absolute Gasteiger partial charge is 0.254 e. The maximum atomic E-state index is 12.3. The van der Waals surface area contributed by atoms with Gasteiger partial charge in [0.15, 0.2) is 0 Å². The lowest BCUT2D eigenvalue weighted by Crippen LogP contribution is -2.82. The number of amides is 1. The molecule has 7 heteroatoms. The van der Waals surface area contributed by atoms with Crippen molar-refractivity contribution in [3.05, 3.63) is 0 Å². The Morgan fingerprint density at radius 2 is 2.11 bits per heavy atom. The van der Waals surface area contributed by atoms with E-state index >= 15 is 0 Å². The summed E-state index contributed by atoms with van der Waals surface area (Å²) in [5.74, 6) is -0.853. The normalized spacial score (nSPS) is 37.1. The van der Waals surface area contributed by atoms with Crippen molar-refractivity contribution in [2.75, 3.05) is 12.4 Å². The van der Waals surface area contributed by atoms with Crippen LogP contribution in [0.15, 0.2) is 0 Å². The second kappa shape index (κ2) is 4.43. The summed E-state index contributed by atoms with van der Waals surface area (Å²) in [5, 5.41) is 0. The lowest BCUT2D eigenvalue weighted by Gasteiger charge is -2.64. The summed E-state index contributed by atoms with van der Waals surface area (Å²) in [4.78, 5) is 12.3. The Bertz CT molecular complexity index is 488. The van der Waals surface area contributed by atoms with Gasteiger partial charge >= 0.3 is 0 Å².